The fraction of sp³-hybridized carbons (Fsp3) is 1.00. The van der Waals surface area contributed by atoms with Crippen molar-refractivity contribution in [1.29, 1.82) is 0 Å². The van der Waals surface area contributed by atoms with Crippen molar-refractivity contribution in [2.24, 2.45) is 11.3 Å². The van der Waals surface area contributed by atoms with E-state index in [4.69, 9.17) is 0 Å². The normalized spacial score (nSPS) is 30.2. The number of piperidine rings is 2. The highest BCUT2D eigenvalue weighted by atomic mass is 15.3. The smallest absolute Gasteiger partial charge is 0.0121 e. The van der Waals surface area contributed by atoms with Crippen molar-refractivity contribution in [1.82, 2.24) is 19.6 Å². The largest absolute Gasteiger partial charge is 0.304 e. The molecule has 1 saturated carbocycles. The molecule has 0 unspecified atom stereocenters. The molecule has 0 atom stereocenters. The van der Waals surface area contributed by atoms with Gasteiger partial charge in [0, 0.05) is 44.8 Å². The Hall–Kier alpha value is -0.160. The van der Waals surface area contributed by atoms with E-state index >= 15 is 0 Å². The third-order valence-electron chi connectivity index (χ3n) is 8.48. The van der Waals surface area contributed by atoms with E-state index in [1.165, 1.54) is 104 Å². The molecule has 1 aliphatic carbocycles. The van der Waals surface area contributed by atoms with E-state index in [2.05, 4.69) is 40.4 Å². The minimum atomic E-state index is 0.725. The molecular weight excluding hydrogens is 332 g/mol. The van der Waals surface area contributed by atoms with E-state index in [0.717, 1.165) is 23.4 Å². The molecule has 0 N–H and O–H groups in total. The first-order valence-electron chi connectivity index (χ1n) is 12.0. The van der Waals surface area contributed by atoms with Gasteiger partial charge in [-0.1, -0.05) is 6.92 Å². The predicted molar refractivity (Wildman–Crippen MR) is 114 cm³/mol. The summed E-state index contributed by atoms with van der Waals surface area (Å²) in [5.74, 6) is 0.999. The van der Waals surface area contributed by atoms with Gasteiger partial charge < -0.3 is 14.7 Å². The zero-order valence-corrected chi connectivity index (χ0v) is 18.3. The molecule has 4 aliphatic rings. The number of piperazine rings is 1. The summed E-state index contributed by atoms with van der Waals surface area (Å²) in [4.78, 5) is 10.9. The van der Waals surface area contributed by atoms with Gasteiger partial charge in [0.2, 0.25) is 0 Å². The van der Waals surface area contributed by atoms with Gasteiger partial charge in [-0.2, -0.15) is 0 Å². The highest BCUT2D eigenvalue weighted by Gasteiger charge is 2.45. The molecule has 156 valence electrons. The van der Waals surface area contributed by atoms with Gasteiger partial charge in [-0.15, -0.1) is 0 Å². The van der Waals surface area contributed by atoms with Gasteiger partial charge in [-0.05, 0) is 96.4 Å². The minimum absolute atomic E-state index is 0.725. The number of hydrogen-bond donors (Lipinski definition) is 0. The van der Waals surface area contributed by atoms with Gasteiger partial charge in [0.05, 0.1) is 0 Å². The van der Waals surface area contributed by atoms with Gasteiger partial charge in [0.1, 0.15) is 0 Å². The Kier molecular flexibility index (Phi) is 6.48. The van der Waals surface area contributed by atoms with Crippen molar-refractivity contribution in [2.75, 3.05) is 65.4 Å². The van der Waals surface area contributed by atoms with Crippen LogP contribution in [-0.4, -0.2) is 97.1 Å². The maximum absolute atomic E-state index is 2.82. The van der Waals surface area contributed by atoms with Crippen LogP contribution >= 0.6 is 0 Å². The Morgan fingerprint density at radius 2 is 1.44 bits per heavy atom. The second-order valence-electron chi connectivity index (χ2n) is 10.4. The molecule has 4 heteroatoms. The number of nitrogens with zero attached hydrogens (tertiary/aromatic N) is 4. The van der Waals surface area contributed by atoms with Crippen molar-refractivity contribution < 1.29 is 0 Å². The van der Waals surface area contributed by atoms with Gasteiger partial charge in [0.15, 0.2) is 0 Å². The van der Waals surface area contributed by atoms with E-state index in [9.17, 15) is 0 Å². The van der Waals surface area contributed by atoms with Crippen molar-refractivity contribution >= 4 is 0 Å². The van der Waals surface area contributed by atoms with E-state index in [1.54, 1.807) is 0 Å². The molecule has 1 spiro atoms. The third-order valence-corrected chi connectivity index (χ3v) is 8.48. The number of hydrogen-bond acceptors (Lipinski definition) is 4. The maximum Gasteiger partial charge on any atom is 0.0121 e. The van der Waals surface area contributed by atoms with Crippen molar-refractivity contribution in [3.05, 3.63) is 0 Å². The zero-order valence-electron chi connectivity index (χ0n) is 18.3. The molecule has 0 radical (unpaired) electrons. The molecule has 3 aliphatic heterocycles. The van der Waals surface area contributed by atoms with E-state index in [0.29, 0.717) is 0 Å². The van der Waals surface area contributed by atoms with Gasteiger partial charge in [0.25, 0.3) is 0 Å². The summed E-state index contributed by atoms with van der Waals surface area (Å²) in [5.41, 5.74) is 0.753. The van der Waals surface area contributed by atoms with Crippen LogP contribution in [0.5, 0.6) is 0 Å². The Bertz CT molecular complexity index is 447. The summed E-state index contributed by atoms with van der Waals surface area (Å²) >= 11 is 0. The van der Waals surface area contributed by atoms with Crippen LogP contribution < -0.4 is 0 Å². The summed E-state index contributed by atoms with van der Waals surface area (Å²) in [6.45, 7) is 20.2. The lowest BCUT2D eigenvalue weighted by Crippen LogP contribution is -2.55. The number of likely N-dealkylation sites (tertiary alicyclic amines) is 2. The fourth-order valence-corrected chi connectivity index (χ4v) is 6.49. The zero-order chi connectivity index (χ0) is 18.9. The molecule has 4 rings (SSSR count). The Balaban J connectivity index is 1.13. The lowest BCUT2D eigenvalue weighted by atomic mass is 9.57. The molecule has 4 nitrogen and oxygen atoms in total. The van der Waals surface area contributed by atoms with E-state index in [1.807, 2.05) is 0 Å². The van der Waals surface area contributed by atoms with Crippen molar-refractivity contribution in [3.63, 3.8) is 0 Å². The molecule has 4 fully saturated rings. The Morgan fingerprint density at radius 1 is 0.815 bits per heavy atom. The molecule has 0 aromatic rings. The van der Waals surface area contributed by atoms with Crippen molar-refractivity contribution in [2.45, 2.75) is 71.4 Å². The summed E-state index contributed by atoms with van der Waals surface area (Å²) in [5, 5.41) is 0. The molecule has 3 saturated heterocycles. The molecular formula is C23H44N4. The Morgan fingerprint density at radius 3 is 2.00 bits per heavy atom. The van der Waals surface area contributed by atoms with Gasteiger partial charge in [-0.25, -0.2) is 0 Å². The SMILES string of the molecule is CCN1CCC2(CC1)CC(CN1CCN(C3CCN(C(C)C)CC3)CC1)C2. The predicted octanol–water partition coefficient (Wildman–Crippen LogP) is 2.99. The molecule has 0 amide bonds. The fourth-order valence-electron chi connectivity index (χ4n) is 6.49. The molecule has 0 aromatic carbocycles. The summed E-state index contributed by atoms with van der Waals surface area (Å²) in [7, 11) is 0. The van der Waals surface area contributed by atoms with E-state index < -0.39 is 0 Å². The Labute approximate surface area is 168 Å². The average molecular weight is 377 g/mol. The van der Waals surface area contributed by atoms with Crippen LogP contribution in [-0.2, 0) is 0 Å². The topological polar surface area (TPSA) is 13.0 Å². The lowest BCUT2D eigenvalue weighted by molar-refractivity contribution is -0.0329. The second-order valence-corrected chi connectivity index (χ2v) is 10.4. The first-order chi connectivity index (χ1) is 13.1. The summed E-state index contributed by atoms with van der Waals surface area (Å²) in [6.07, 6.45) is 8.77. The third kappa shape index (κ3) is 4.71. The molecule has 0 aromatic heterocycles. The quantitative estimate of drug-likeness (QED) is 0.731. The van der Waals surface area contributed by atoms with Gasteiger partial charge >= 0.3 is 0 Å². The van der Waals surface area contributed by atoms with Crippen LogP contribution in [0.15, 0.2) is 0 Å². The van der Waals surface area contributed by atoms with Crippen LogP contribution in [0.3, 0.4) is 0 Å². The summed E-state index contributed by atoms with van der Waals surface area (Å²) in [6, 6.07) is 1.58. The first-order valence-corrected chi connectivity index (χ1v) is 12.0. The standard InChI is InChI=1S/C23H44N4/c1-4-24-11-7-23(8-12-24)17-21(18-23)19-25-13-15-27(16-14-25)22-5-9-26(10-6-22)20(2)3/h20-22H,4-19H2,1-3H3. The van der Waals surface area contributed by atoms with Crippen LogP contribution in [0.2, 0.25) is 0 Å². The molecule has 0 bridgehead atoms. The second kappa shape index (κ2) is 8.69. The minimum Gasteiger partial charge on any atom is -0.304 e. The van der Waals surface area contributed by atoms with Crippen LogP contribution in [0.4, 0.5) is 0 Å². The maximum atomic E-state index is 2.82. The van der Waals surface area contributed by atoms with Gasteiger partial charge in [-0.3, -0.25) is 4.90 Å². The average Bonchev–Trinajstić information content (AvgIpc) is 2.68. The highest BCUT2D eigenvalue weighted by Crippen LogP contribution is 2.52. The number of rotatable bonds is 5. The highest BCUT2D eigenvalue weighted by molar-refractivity contribution is 4.98. The first kappa shape index (κ1) is 20.1. The van der Waals surface area contributed by atoms with Crippen LogP contribution in [0.25, 0.3) is 0 Å². The summed E-state index contributed by atoms with van der Waals surface area (Å²) < 4.78 is 0. The van der Waals surface area contributed by atoms with E-state index in [-0.39, 0.29) is 0 Å². The monoisotopic (exact) mass is 376 g/mol. The van der Waals surface area contributed by atoms with Crippen LogP contribution in [0.1, 0.15) is 59.3 Å². The van der Waals surface area contributed by atoms with Crippen molar-refractivity contribution in [3.8, 4) is 0 Å². The van der Waals surface area contributed by atoms with Crippen LogP contribution in [0, 0.1) is 11.3 Å². The lowest BCUT2D eigenvalue weighted by Gasteiger charge is -2.54. The molecule has 3 heterocycles. The molecule has 27 heavy (non-hydrogen) atoms.